The Morgan fingerprint density at radius 2 is 1.54 bits per heavy atom. The van der Waals surface area contributed by atoms with Gasteiger partial charge in [-0.15, -0.1) is 0 Å². The number of benzene rings is 4. The summed E-state index contributed by atoms with van der Waals surface area (Å²) in [5, 5.41) is 1.63. The number of hydrogen-bond acceptors (Lipinski definition) is 5. The van der Waals surface area contributed by atoms with E-state index in [1.165, 1.54) is 23.8 Å². The molecule has 9 heteroatoms. The highest BCUT2D eigenvalue weighted by molar-refractivity contribution is 7.92. The number of fused-ring (bicyclic) bond motifs is 1. The van der Waals surface area contributed by atoms with Gasteiger partial charge in [0.05, 0.1) is 10.6 Å². The molecule has 4 aromatic rings. The van der Waals surface area contributed by atoms with Crippen LogP contribution in [0.2, 0.25) is 10.0 Å². The molecular formula is C32H31Cl2NO5S. The first kappa shape index (κ1) is 30.6. The fourth-order valence-electron chi connectivity index (χ4n) is 4.51. The van der Waals surface area contributed by atoms with E-state index in [2.05, 4.69) is 0 Å². The molecule has 0 N–H and O–H groups in total. The summed E-state index contributed by atoms with van der Waals surface area (Å²) in [6.07, 6.45) is 1.89. The van der Waals surface area contributed by atoms with Crippen molar-refractivity contribution in [3.63, 3.8) is 0 Å². The van der Waals surface area contributed by atoms with E-state index in [0.29, 0.717) is 29.2 Å². The average molecular weight is 613 g/mol. The molecule has 41 heavy (non-hydrogen) atoms. The number of anilines is 1. The zero-order valence-electron chi connectivity index (χ0n) is 23.1. The Balaban J connectivity index is 1.68. The van der Waals surface area contributed by atoms with Gasteiger partial charge in [-0.2, -0.15) is 0 Å². The van der Waals surface area contributed by atoms with Gasteiger partial charge in [0.2, 0.25) is 0 Å². The van der Waals surface area contributed by atoms with Gasteiger partial charge in [-0.25, -0.2) is 8.42 Å². The van der Waals surface area contributed by atoms with E-state index in [4.69, 9.17) is 27.9 Å². The van der Waals surface area contributed by atoms with Gasteiger partial charge >= 0.3 is 5.97 Å². The van der Waals surface area contributed by atoms with Crippen molar-refractivity contribution in [3.05, 3.63) is 106 Å². The quantitative estimate of drug-likeness (QED) is 0.134. The van der Waals surface area contributed by atoms with Crippen molar-refractivity contribution in [1.29, 1.82) is 0 Å². The summed E-state index contributed by atoms with van der Waals surface area (Å²) in [6.45, 7) is 4.53. The summed E-state index contributed by atoms with van der Waals surface area (Å²) >= 11 is 12.2. The van der Waals surface area contributed by atoms with Crippen molar-refractivity contribution in [1.82, 2.24) is 0 Å². The monoisotopic (exact) mass is 611 g/mol. The predicted molar refractivity (Wildman–Crippen MR) is 164 cm³/mol. The van der Waals surface area contributed by atoms with Crippen molar-refractivity contribution in [2.75, 3.05) is 10.8 Å². The number of aryl methyl sites for hydroxylation is 1. The lowest BCUT2D eigenvalue weighted by atomic mass is 9.97. The minimum Gasteiger partial charge on any atom is -0.459 e. The lowest BCUT2D eigenvalue weighted by Crippen LogP contribution is -2.39. The van der Waals surface area contributed by atoms with Crippen LogP contribution in [0, 0.1) is 0 Å². The number of carbonyl (C=O) groups excluding carboxylic acids is 2. The third kappa shape index (κ3) is 7.88. The molecule has 0 aliphatic heterocycles. The van der Waals surface area contributed by atoms with E-state index >= 15 is 0 Å². The van der Waals surface area contributed by atoms with Crippen molar-refractivity contribution in [3.8, 4) is 0 Å². The minimum absolute atomic E-state index is 0.00563. The third-order valence-corrected chi connectivity index (χ3v) is 8.47. The molecule has 4 rings (SSSR count). The second kappa shape index (κ2) is 12.6. The summed E-state index contributed by atoms with van der Waals surface area (Å²) < 4.78 is 34.1. The van der Waals surface area contributed by atoms with Crippen LogP contribution < -0.4 is 4.31 Å². The Bertz CT molecular complexity index is 1660. The molecule has 0 heterocycles. The van der Waals surface area contributed by atoms with Gasteiger partial charge in [-0.05, 0) is 80.3 Å². The summed E-state index contributed by atoms with van der Waals surface area (Å²) in [5.41, 5.74) is 1.15. The van der Waals surface area contributed by atoms with E-state index in [0.717, 1.165) is 10.7 Å². The van der Waals surface area contributed by atoms with Crippen molar-refractivity contribution < 1.29 is 22.7 Å². The van der Waals surface area contributed by atoms with Gasteiger partial charge in [0, 0.05) is 22.0 Å². The van der Waals surface area contributed by atoms with Gasteiger partial charge in [-0.1, -0.05) is 77.8 Å². The molecule has 0 aliphatic rings. The molecule has 0 radical (unpaired) electrons. The van der Waals surface area contributed by atoms with Crippen LogP contribution in [0.1, 0.15) is 49.5 Å². The maximum absolute atomic E-state index is 13.8. The van der Waals surface area contributed by atoms with Gasteiger partial charge in [-0.3, -0.25) is 13.9 Å². The Morgan fingerprint density at radius 1 is 0.854 bits per heavy atom. The maximum Gasteiger partial charge on any atom is 0.327 e. The highest BCUT2D eigenvalue weighted by Crippen LogP contribution is 2.32. The second-order valence-electron chi connectivity index (χ2n) is 10.7. The van der Waals surface area contributed by atoms with Crippen LogP contribution in [0.4, 0.5) is 5.69 Å². The minimum atomic E-state index is -4.29. The molecule has 0 saturated heterocycles. The number of nitrogens with zero attached hydrogens (tertiary/aromatic N) is 1. The van der Waals surface area contributed by atoms with Crippen LogP contribution in [-0.2, 0) is 26.0 Å². The Morgan fingerprint density at radius 3 is 2.20 bits per heavy atom. The highest BCUT2D eigenvalue weighted by atomic mass is 35.5. The number of rotatable bonds is 10. The molecule has 4 aromatic carbocycles. The number of ketones is 1. The van der Waals surface area contributed by atoms with Gasteiger partial charge < -0.3 is 4.74 Å². The number of Topliss-reactive ketones (excluding diaryl/α,β-unsaturated/α-hetero) is 1. The van der Waals surface area contributed by atoms with Crippen LogP contribution in [0.3, 0.4) is 0 Å². The SMILES string of the molecule is CC(C)(C)OC(=O)CN(c1ccc2c(C(=O)CCCc3ccccc3)cccc2c1)S(=O)(=O)c1cc(Cl)cc(Cl)c1. The summed E-state index contributed by atoms with van der Waals surface area (Å²) in [6, 6.07) is 24.2. The summed E-state index contributed by atoms with van der Waals surface area (Å²) in [5.74, 6) is -0.720. The Hall–Kier alpha value is -3.39. The normalized spacial score (nSPS) is 11.8. The topological polar surface area (TPSA) is 80.8 Å². The first-order chi connectivity index (χ1) is 19.3. The zero-order valence-corrected chi connectivity index (χ0v) is 25.4. The fraction of sp³-hybridized carbons (Fsp3) is 0.250. The molecule has 0 aromatic heterocycles. The fourth-order valence-corrected chi connectivity index (χ4v) is 6.64. The van der Waals surface area contributed by atoms with E-state index in [1.54, 1.807) is 57.2 Å². The molecule has 0 aliphatic carbocycles. The zero-order chi connectivity index (χ0) is 29.8. The predicted octanol–water partition coefficient (Wildman–Crippen LogP) is 7.89. The smallest absolute Gasteiger partial charge is 0.327 e. The largest absolute Gasteiger partial charge is 0.459 e. The molecule has 214 valence electrons. The van der Waals surface area contributed by atoms with Gasteiger partial charge in [0.15, 0.2) is 5.78 Å². The number of halogens is 2. The standard InChI is InChI=1S/C32H31Cl2NO5S/c1-32(2,3)40-31(37)21-35(41(38,39)27-19-24(33)18-25(34)20-27)26-15-16-28-23(17-26)12-8-13-29(28)30(36)14-7-11-22-9-5-4-6-10-22/h4-6,8-10,12-13,15-20H,7,11,14,21H2,1-3H3. The van der Waals surface area contributed by atoms with Crippen LogP contribution in [-0.4, -0.2) is 32.3 Å². The molecule has 0 unspecified atom stereocenters. The number of hydrogen-bond donors (Lipinski definition) is 0. The Kier molecular flexibility index (Phi) is 9.42. The average Bonchev–Trinajstić information content (AvgIpc) is 2.90. The first-order valence-electron chi connectivity index (χ1n) is 13.1. The molecular weight excluding hydrogens is 581 g/mol. The maximum atomic E-state index is 13.8. The number of sulfonamides is 1. The van der Waals surface area contributed by atoms with E-state index in [1.807, 2.05) is 30.3 Å². The van der Waals surface area contributed by atoms with Crippen LogP contribution in [0.25, 0.3) is 10.8 Å². The van der Waals surface area contributed by atoms with Crippen LogP contribution in [0.15, 0.2) is 89.8 Å². The molecule has 0 bridgehead atoms. The Labute approximate surface area is 250 Å². The van der Waals surface area contributed by atoms with Crippen LogP contribution >= 0.6 is 23.2 Å². The van der Waals surface area contributed by atoms with E-state index in [9.17, 15) is 18.0 Å². The van der Waals surface area contributed by atoms with Gasteiger partial charge in [0.25, 0.3) is 10.0 Å². The molecule has 0 spiro atoms. The molecule has 0 saturated carbocycles. The lowest BCUT2D eigenvalue weighted by molar-refractivity contribution is -0.152. The van der Waals surface area contributed by atoms with E-state index < -0.39 is 28.1 Å². The molecule has 6 nitrogen and oxygen atoms in total. The van der Waals surface area contributed by atoms with Crippen molar-refractivity contribution >= 4 is 61.4 Å². The number of carbonyl (C=O) groups is 2. The number of esters is 1. The molecule has 0 atom stereocenters. The summed E-state index contributed by atoms with van der Waals surface area (Å²) in [4.78, 5) is 25.8. The number of ether oxygens (including phenoxy) is 1. The third-order valence-electron chi connectivity index (χ3n) is 6.28. The highest BCUT2D eigenvalue weighted by Gasteiger charge is 2.30. The second-order valence-corrected chi connectivity index (χ2v) is 13.4. The molecule has 0 fully saturated rings. The first-order valence-corrected chi connectivity index (χ1v) is 15.3. The van der Waals surface area contributed by atoms with Crippen LogP contribution in [0.5, 0.6) is 0 Å². The van der Waals surface area contributed by atoms with E-state index in [-0.39, 0.29) is 26.4 Å². The van der Waals surface area contributed by atoms with Crippen molar-refractivity contribution in [2.45, 2.75) is 50.5 Å². The summed E-state index contributed by atoms with van der Waals surface area (Å²) in [7, 11) is -4.29. The van der Waals surface area contributed by atoms with Gasteiger partial charge in [0.1, 0.15) is 12.1 Å². The molecule has 0 amide bonds. The lowest BCUT2D eigenvalue weighted by Gasteiger charge is -2.27. The van der Waals surface area contributed by atoms with Crippen molar-refractivity contribution in [2.24, 2.45) is 0 Å².